The second-order valence-corrected chi connectivity index (χ2v) is 7.08. The van der Waals surface area contributed by atoms with Crippen molar-refractivity contribution < 1.29 is 14.7 Å². The Morgan fingerprint density at radius 3 is 2.74 bits per heavy atom. The summed E-state index contributed by atoms with van der Waals surface area (Å²) in [5, 5.41) is 9.21. The number of carboxylic acid groups (broad SMARTS) is 1. The molecule has 1 atom stereocenters. The zero-order valence-electron chi connectivity index (χ0n) is 15.8. The maximum atomic E-state index is 13.0. The first-order valence-corrected chi connectivity index (χ1v) is 9.00. The third kappa shape index (κ3) is 4.07. The molecule has 0 bridgehead atoms. The number of piperidine rings is 1. The van der Waals surface area contributed by atoms with Crippen LogP contribution in [0.25, 0.3) is 0 Å². The van der Waals surface area contributed by atoms with E-state index in [2.05, 4.69) is 9.97 Å². The van der Waals surface area contributed by atoms with Crippen LogP contribution in [-0.2, 0) is 0 Å². The second-order valence-electron chi connectivity index (χ2n) is 7.08. The Morgan fingerprint density at radius 1 is 1.30 bits per heavy atom. The normalized spacial score (nSPS) is 16.9. The van der Waals surface area contributed by atoms with Crippen molar-refractivity contribution in [2.45, 2.75) is 25.7 Å². The van der Waals surface area contributed by atoms with Crippen molar-refractivity contribution in [3.05, 3.63) is 52.8 Å². The van der Waals surface area contributed by atoms with E-state index in [4.69, 9.17) is 0 Å². The molecule has 27 heavy (non-hydrogen) atoms. The van der Waals surface area contributed by atoms with Gasteiger partial charge in [-0.3, -0.25) is 4.79 Å². The number of nitrogens with zero attached hydrogens (tertiary/aromatic N) is 4. The van der Waals surface area contributed by atoms with Crippen LogP contribution in [0.3, 0.4) is 0 Å². The molecule has 1 N–H and O–H groups in total. The summed E-state index contributed by atoms with van der Waals surface area (Å²) < 4.78 is 0. The lowest BCUT2D eigenvalue weighted by Gasteiger charge is -2.33. The van der Waals surface area contributed by atoms with Crippen LogP contribution in [0, 0.1) is 6.92 Å². The van der Waals surface area contributed by atoms with Gasteiger partial charge in [0.2, 0.25) is 5.95 Å². The largest absolute Gasteiger partial charge is 0.478 e. The molecule has 1 aromatic carbocycles. The van der Waals surface area contributed by atoms with Crippen LogP contribution in [-0.4, -0.2) is 59.0 Å². The molecule has 1 fully saturated rings. The summed E-state index contributed by atoms with van der Waals surface area (Å²) in [5.74, 6) is -0.304. The van der Waals surface area contributed by atoms with E-state index in [0.29, 0.717) is 30.3 Å². The zero-order chi connectivity index (χ0) is 19.6. The molecular weight excluding hydrogens is 344 g/mol. The molecule has 1 saturated heterocycles. The summed E-state index contributed by atoms with van der Waals surface area (Å²) in [7, 11) is 3.72. The van der Waals surface area contributed by atoms with Crippen molar-refractivity contribution in [2.75, 3.05) is 32.1 Å². The Hall–Kier alpha value is -2.96. The summed E-state index contributed by atoms with van der Waals surface area (Å²) in [6, 6.07) is 6.99. The number of hydrogen-bond donors (Lipinski definition) is 1. The number of carbonyl (C=O) groups is 2. The van der Waals surface area contributed by atoms with Crippen LogP contribution >= 0.6 is 0 Å². The van der Waals surface area contributed by atoms with Gasteiger partial charge in [-0.05, 0) is 37.5 Å². The number of likely N-dealkylation sites (tertiary alicyclic amines) is 1. The molecule has 0 aliphatic carbocycles. The van der Waals surface area contributed by atoms with Crippen molar-refractivity contribution in [2.24, 2.45) is 0 Å². The number of amides is 1. The van der Waals surface area contributed by atoms with Gasteiger partial charge >= 0.3 is 5.97 Å². The van der Waals surface area contributed by atoms with Crippen LogP contribution in [0.4, 0.5) is 5.95 Å². The third-order valence-electron chi connectivity index (χ3n) is 4.91. The molecule has 3 rings (SSSR count). The number of rotatable bonds is 4. The van der Waals surface area contributed by atoms with E-state index in [-0.39, 0.29) is 17.4 Å². The molecule has 1 amide bonds. The molecule has 2 heterocycles. The molecule has 0 radical (unpaired) electrons. The minimum atomic E-state index is -0.936. The van der Waals surface area contributed by atoms with Crippen LogP contribution in [0.5, 0.6) is 0 Å². The first-order chi connectivity index (χ1) is 12.9. The van der Waals surface area contributed by atoms with Crippen molar-refractivity contribution in [1.82, 2.24) is 14.9 Å². The van der Waals surface area contributed by atoms with Crippen LogP contribution < -0.4 is 4.90 Å². The standard InChI is InChI=1S/C20H24N4O3/c1-13-17(11-21-20(22-13)23(2)3)18(25)24-9-5-8-16(12-24)14-6-4-7-15(10-14)19(26)27/h4,6-7,10-11,16H,5,8-9,12H2,1-3H3,(H,26,27)/t16-/m0/s1. The third-order valence-corrected chi connectivity index (χ3v) is 4.91. The van der Waals surface area contributed by atoms with Crippen molar-refractivity contribution in [1.29, 1.82) is 0 Å². The van der Waals surface area contributed by atoms with E-state index in [1.807, 2.05) is 32.0 Å². The van der Waals surface area contributed by atoms with Crippen LogP contribution in [0.15, 0.2) is 30.5 Å². The smallest absolute Gasteiger partial charge is 0.335 e. The molecule has 7 heteroatoms. The summed E-state index contributed by atoms with van der Waals surface area (Å²) in [5.41, 5.74) is 2.41. The molecule has 0 saturated carbocycles. The molecule has 1 aliphatic heterocycles. The van der Waals surface area contributed by atoms with E-state index in [1.165, 1.54) is 0 Å². The Balaban J connectivity index is 1.79. The lowest BCUT2D eigenvalue weighted by Crippen LogP contribution is -2.39. The monoisotopic (exact) mass is 368 g/mol. The summed E-state index contributed by atoms with van der Waals surface area (Å²) in [4.78, 5) is 36.5. The predicted molar refractivity (Wildman–Crippen MR) is 102 cm³/mol. The highest BCUT2D eigenvalue weighted by atomic mass is 16.4. The Bertz CT molecular complexity index is 866. The highest BCUT2D eigenvalue weighted by Crippen LogP contribution is 2.28. The number of aromatic nitrogens is 2. The van der Waals surface area contributed by atoms with Gasteiger partial charge < -0.3 is 14.9 Å². The molecule has 0 spiro atoms. The number of hydrogen-bond acceptors (Lipinski definition) is 5. The van der Waals surface area contributed by atoms with Crippen molar-refractivity contribution in [3.8, 4) is 0 Å². The SMILES string of the molecule is Cc1nc(N(C)C)ncc1C(=O)N1CCC[C@H](c2cccc(C(=O)O)c2)C1. The fraction of sp³-hybridized carbons (Fsp3) is 0.400. The van der Waals surface area contributed by atoms with Crippen molar-refractivity contribution in [3.63, 3.8) is 0 Å². The van der Waals surface area contributed by atoms with Gasteiger partial charge in [0.25, 0.3) is 5.91 Å². The zero-order valence-corrected chi connectivity index (χ0v) is 15.8. The van der Waals surface area contributed by atoms with Gasteiger partial charge in [0.1, 0.15) is 0 Å². The molecule has 2 aromatic rings. The fourth-order valence-electron chi connectivity index (χ4n) is 3.41. The topological polar surface area (TPSA) is 86.6 Å². The van der Waals surface area contributed by atoms with E-state index in [1.54, 1.807) is 29.3 Å². The fourth-order valence-corrected chi connectivity index (χ4v) is 3.41. The number of carboxylic acids is 1. The maximum absolute atomic E-state index is 13.0. The first kappa shape index (κ1) is 18.8. The first-order valence-electron chi connectivity index (χ1n) is 9.00. The van der Waals surface area contributed by atoms with E-state index < -0.39 is 5.97 Å². The summed E-state index contributed by atoms with van der Waals surface area (Å²) >= 11 is 0. The lowest BCUT2D eigenvalue weighted by molar-refractivity contribution is 0.0687. The van der Waals surface area contributed by atoms with Gasteiger partial charge in [0.15, 0.2) is 0 Å². The van der Waals surface area contributed by atoms with Crippen LogP contribution in [0.2, 0.25) is 0 Å². The average Bonchev–Trinajstić information content (AvgIpc) is 2.67. The Kier molecular flexibility index (Phi) is 5.39. The molecular formula is C20H24N4O3. The lowest BCUT2D eigenvalue weighted by atomic mass is 9.89. The highest BCUT2D eigenvalue weighted by molar-refractivity contribution is 5.95. The van der Waals surface area contributed by atoms with E-state index >= 15 is 0 Å². The summed E-state index contributed by atoms with van der Waals surface area (Å²) in [6.45, 7) is 3.07. The number of benzene rings is 1. The van der Waals surface area contributed by atoms with Gasteiger partial charge in [-0.1, -0.05) is 12.1 Å². The molecule has 1 aromatic heterocycles. The predicted octanol–water partition coefficient (Wildman–Crippen LogP) is 2.57. The second kappa shape index (κ2) is 7.73. The minimum absolute atomic E-state index is 0.0723. The van der Waals surface area contributed by atoms with E-state index in [9.17, 15) is 14.7 Å². The average molecular weight is 368 g/mol. The molecule has 7 nitrogen and oxygen atoms in total. The van der Waals surface area contributed by atoms with Gasteiger partial charge in [0.05, 0.1) is 16.8 Å². The Labute approximate surface area is 158 Å². The maximum Gasteiger partial charge on any atom is 0.335 e. The number of aromatic carboxylic acids is 1. The number of anilines is 1. The summed E-state index contributed by atoms with van der Waals surface area (Å²) in [6.07, 6.45) is 3.40. The van der Waals surface area contributed by atoms with Gasteiger partial charge in [-0.2, -0.15) is 0 Å². The van der Waals surface area contributed by atoms with Crippen LogP contribution in [0.1, 0.15) is 50.7 Å². The van der Waals surface area contributed by atoms with Gasteiger partial charge in [-0.15, -0.1) is 0 Å². The molecule has 1 aliphatic rings. The number of carbonyl (C=O) groups excluding carboxylic acids is 1. The van der Waals surface area contributed by atoms with E-state index in [0.717, 1.165) is 18.4 Å². The van der Waals surface area contributed by atoms with Gasteiger partial charge in [0, 0.05) is 39.3 Å². The molecule has 0 unspecified atom stereocenters. The van der Waals surface area contributed by atoms with Gasteiger partial charge in [-0.25, -0.2) is 14.8 Å². The Morgan fingerprint density at radius 2 is 2.07 bits per heavy atom. The highest BCUT2D eigenvalue weighted by Gasteiger charge is 2.27. The minimum Gasteiger partial charge on any atom is -0.478 e. The quantitative estimate of drug-likeness (QED) is 0.893. The molecule has 142 valence electrons. The number of aryl methyl sites for hydroxylation is 1. The van der Waals surface area contributed by atoms with Crippen molar-refractivity contribution >= 4 is 17.8 Å².